The summed E-state index contributed by atoms with van der Waals surface area (Å²) in [5.41, 5.74) is 5.92. The molecule has 112 valence electrons. The molecule has 0 aliphatic heterocycles. The fourth-order valence-corrected chi connectivity index (χ4v) is 3.77. The predicted octanol–water partition coefficient (Wildman–Crippen LogP) is 4.56. The number of ketones is 1. The first kappa shape index (κ1) is 14.4. The number of carbonyl (C=O) groups excluding carboxylic acids is 1. The average Bonchev–Trinajstić information content (AvgIpc) is 2.57. The third-order valence-corrected chi connectivity index (χ3v) is 5.02. The lowest BCUT2D eigenvalue weighted by molar-refractivity contribution is -0.119. The van der Waals surface area contributed by atoms with Crippen molar-refractivity contribution in [1.82, 2.24) is 0 Å². The zero-order chi connectivity index (χ0) is 14.8. The maximum absolute atomic E-state index is 11.8. The van der Waals surface area contributed by atoms with Crippen molar-refractivity contribution in [2.75, 3.05) is 7.11 Å². The SMILES string of the molecule is COc1ccc2c(c1)CCC1=C2CCCC(=O)CC[C@@H]1C. The fourth-order valence-electron chi connectivity index (χ4n) is 3.77. The van der Waals surface area contributed by atoms with E-state index in [0.717, 1.165) is 50.7 Å². The van der Waals surface area contributed by atoms with Crippen molar-refractivity contribution in [2.24, 2.45) is 5.92 Å². The number of Topliss-reactive ketones (excluding diaryl/α,β-unsaturated/α-hetero) is 1. The van der Waals surface area contributed by atoms with Gasteiger partial charge in [-0.1, -0.05) is 18.6 Å². The predicted molar refractivity (Wildman–Crippen MR) is 85.5 cm³/mol. The molecule has 3 rings (SSSR count). The van der Waals surface area contributed by atoms with Crippen LogP contribution in [-0.4, -0.2) is 12.9 Å². The van der Waals surface area contributed by atoms with Crippen LogP contribution in [0.1, 0.15) is 56.6 Å². The lowest BCUT2D eigenvalue weighted by Gasteiger charge is -2.27. The molecule has 1 aromatic rings. The maximum atomic E-state index is 11.8. The van der Waals surface area contributed by atoms with Gasteiger partial charge in [-0.25, -0.2) is 0 Å². The summed E-state index contributed by atoms with van der Waals surface area (Å²) in [6.07, 6.45) is 6.81. The van der Waals surface area contributed by atoms with Crippen LogP contribution in [0.2, 0.25) is 0 Å². The van der Waals surface area contributed by atoms with Crippen LogP contribution >= 0.6 is 0 Å². The molecule has 0 aromatic heterocycles. The molecular weight excluding hydrogens is 260 g/mol. The molecular formula is C19H24O2. The number of rotatable bonds is 1. The Labute approximate surface area is 127 Å². The highest BCUT2D eigenvalue weighted by Crippen LogP contribution is 2.41. The summed E-state index contributed by atoms with van der Waals surface area (Å²) >= 11 is 0. The van der Waals surface area contributed by atoms with Crippen molar-refractivity contribution >= 4 is 11.4 Å². The Morgan fingerprint density at radius 1 is 1.10 bits per heavy atom. The van der Waals surface area contributed by atoms with Crippen LogP contribution in [0, 0.1) is 5.92 Å². The van der Waals surface area contributed by atoms with E-state index >= 15 is 0 Å². The quantitative estimate of drug-likeness (QED) is 0.755. The molecule has 0 amide bonds. The van der Waals surface area contributed by atoms with E-state index in [1.165, 1.54) is 16.7 Å². The molecule has 0 bridgehead atoms. The number of hydrogen-bond donors (Lipinski definition) is 0. The molecule has 1 aromatic carbocycles. The Hall–Kier alpha value is -1.57. The van der Waals surface area contributed by atoms with Gasteiger partial charge in [0.15, 0.2) is 0 Å². The molecule has 0 saturated heterocycles. The fraction of sp³-hybridized carbons (Fsp3) is 0.526. The highest BCUT2D eigenvalue weighted by atomic mass is 16.5. The molecule has 2 nitrogen and oxygen atoms in total. The lowest BCUT2D eigenvalue weighted by atomic mass is 9.78. The molecule has 0 N–H and O–H groups in total. The van der Waals surface area contributed by atoms with E-state index in [4.69, 9.17) is 4.74 Å². The van der Waals surface area contributed by atoms with Crippen LogP contribution < -0.4 is 4.74 Å². The Bertz CT molecular complexity index is 583. The molecule has 2 aliphatic rings. The van der Waals surface area contributed by atoms with Crippen molar-refractivity contribution in [2.45, 2.75) is 51.9 Å². The average molecular weight is 284 g/mol. The van der Waals surface area contributed by atoms with Crippen molar-refractivity contribution in [1.29, 1.82) is 0 Å². The van der Waals surface area contributed by atoms with Gasteiger partial charge in [0.05, 0.1) is 7.11 Å². The zero-order valence-corrected chi connectivity index (χ0v) is 13.1. The van der Waals surface area contributed by atoms with Gasteiger partial charge >= 0.3 is 0 Å². The van der Waals surface area contributed by atoms with Crippen molar-refractivity contribution in [3.05, 3.63) is 34.9 Å². The summed E-state index contributed by atoms with van der Waals surface area (Å²) in [6.45, 7) is 2.29. The topological polar surface area (TPSA) is 26.3 Å². The minimum Gasteiger partial charge on any atom is -0.497 e. The first-order valence-electron chi connectivity index (χ1n) is 8.10. The number of hydrogen-bond acceptors (Lipinski definition) is 2. The number of carbonyl (C=O) groups is 1. The Kier molecular flexibility index (Phi) is 4.14. The Balaban J connectivity index is 2.00. The van der Waals surface area contributed by atoms with Gasteiger partial charge in [0.1, 0.15) is 11.5 Å². The van der Waals surface area contributed by atoms with Crippen LogP contribution in [0.5, 0.6) is 5.75 Å². The van der Waals surface area contributed by atoms with E-state index in [9.17, 15) is 4.79 Å². The summed E-state index contributed by atoms with van der Waals surface area (Å²) < 4.78 is 5.36. The van der Waals surface area contributed by atoms with Gasteiger partial charge in [-0.2, -0.15) is 0 Å². The summed E-state index contributed by atoms with van der Waals surface area (Å²) in [5, 5.41) is 0. The van der Waals surface area contributed by atoms with Gasteiger partial charge in [-0.3, -0.25) is 4.79 Å². The second-order valence-electron chi connectivity index (χ2n) is 6.36. The van der Waals surface area contributed by atoms with Gasteiger partial charge in [0.2, 0.25) is 0 Å². The third-order valence-electron chi connectivity index (χ3n) is 5.02. The summed E-state index contributed by atoms with van der Waals surface area (Å²) in [7, 11) is 1.73. The molecule has 0 fully saturated rings. The van der Waals surface area contributed by atoms with Crippen molar-refractivity contribution < 1.29 is 9.53 Å². The largest absolute Gasteiger partial charge is 0.497 e. The van der Waals surface area contributed by atoms with Crippen LogP contribution in [-0.2, 0) is 11.2 Å². The number of allylic oxidation sites excluding steroid dienone is 2. The van der Waals surface area contributed by atoms with E-state index in [1.807, 2.05) is 0 Å². The second-order valence-corrected chi connectivity index (χ2v) is 6.36. The van der Waals surface area contributed by atoms with Crippen LogP contribution in [0.4, 0.5) is 0 Å². The molecule has 0 spiro atoms. The van der Waals surface area contributed by atoms with Gasteiger partial charge < -0.3 is 4.74 Å². The second kappa shape index (κ2) is 6.05. The van der Waals surface area contributed by atoms with E-state index < -0.39 is 0 Å². The summed E-state index contributed by atoms with van der Waals surface area (Å²) in [4.78, 5) is 11.8. The molecule has 1 atom stereocenters. The normalized spacial score (nSPS) is 22.8. The number of aryl methyl sites for hydroxylation is 1. The monoisotopic (exact) mass is 284 g/mol. The number of benzene rings is 1. The molecule has 21 heavy (non-hydrogen) atoms. The summed E-state index contributed by atoms with van der Waals surface area (Å²) in [5.74, 6) is 1.93. The van der Waals surface area contributed by atoms with Crippen LogP contribution in [0.15, 0.2) is 23.8 Å². The minimum absolute atomic E-state index is 0.441. The van der Waals surface area contributed by atoms with E-state index in [2.05, 4.69) is 25.1 Å². The standard InChI is InChI=1S/C19H24O2/c1-13-6-8-15(20)4-3-5-19-17(13)10-7-14-12-16(21-2)9-11-18(14)19/h9,11-13H,3-8,10H2,1-2H3/t13-/m0/s1. The molecule has 2 aliphatic carbocycles. The highest BCUT2D eigenvalue weighted by molar-refractivity contribution is 5.80. The van der Waals surface area contributed by atoms with E-state index in [0.29, 0.717) is 11.7 Å². The van der Waals surface area contributed by atoms with Crippen molar-refractivity contribution in [3.8, 4) is 5.75 Å². The van der Waals surface area contributed by atoms with Crippen molar-refractivity contribution in [3.63, 3.8) is 0 Å². The molecule has 0 heterocycles. The third kappa shape index (κ3) is 2.90. The minimum atomic E-state index is 0.441. The highest BCUT2D eigenvalue weighted by Gasteiger charge is 2.24. The first-order chi connectivity index (χ1) is 10.2. The number of methoxy groups -OCH3 is 1. The van der Waals surface area contributed by atoms with Crippen LogP contribution in [0.25, 0.3) is 5.57 Å². The zero-order valence-electron chi connectivity index (χ0n) is 13.1. The molecule has 0 unspecified atom stereocenters. The van der Waals surface area contributed by atoms with Gasteiger partial charge in [0.25, 0.3) is 0 Å². The molecule has 0 radical (unpaired) electrons. The van der Waals surface area contributed by atoms with Gasteiger partial charge in [-0.05, 0) is 66.9 Å². The van der Waals surface area contributed by atoms with E-state index in [1.54, 1.807) is 12.7 Å². The smallest absolute Gasteiger partial charge is 0.132 e. The van der Waals surface area contributed by atoms with Gasteiger partial charge in [-0.15, -0.1) is 0 Å². The molecule has 0 saturated carbocycles. The molecule has 2 heteroatoms. The lowest BCUT2D eigenvalue weighted by Crippen LogP contribution is -2.11. The number of ether oxygens (including phenoxy) is 1. The number of fused-ring (bicyclic) bond motifs is 2. The Morgan fingerprint density at radius 3 is 2.76 bits per heavy atom. The van der Waals surface area contributed by atoms with E-state index in [-0.39, 0.29) is 0 Å². The first-order valence-corrected chi connectivity index (χ1v) is 8.10. The maximum Gasteiger partial charge on any atom is 0.132 e. The Morgan fingerprint density at radius 2 is 1.95 bits per heavy atom. The van der Waals surface area contributed by atoms with Crippen LogP contribution in [0.3, 0.4) is 0 Å². The van der Waals surface area contributed by atoms with Gasteiger partial charge in [0, 0.05) is 12.8 Å². The summed E-state index contributed by atoms with van der Waals surface area (Å²) in [6, 6.07) is 6.47.